The molecule has 0 aromatic heterocycles. The van der Waals surface area contributed by atoms with Crippen LogP contribution < -0.4 is 4.74 Å². The van der Waals surface area contributed by atoms with Gasteiger partial charge in [0.1, 0.15) is 5.75 Å². The van der Waals surface area contributed by atoms with E-state index in [-0.39, 0.29) is 11.3 Å². The molecule has 2 aliphatic rings. The zero-order valence-electron chi connectivity index (χ0n) is 12.9. The Morgan fingerprint density at radius 3 is 2.38 bits per heavy atom. The summed E-state index contributed by atoms with van der Waals surface area (Å²) in [5.41, 5.74) is 0.488. The third-order valence-electron chi connectivity index (χ3n) is 5.17. The maximum absolute atomic E-state index is 13.3. The number of methoxy groups -OCH3 is 1. The number of nitrogens with zero attached hydrogens (tertiary/aromatic N) is 1. The summed E-state index contributed by atoms with van der Waals surface area (Å²) in [4.78, 5) is 15.8. The van der Waals surface area contributed by atoms with Crippen LogP contribution >= 0.6 is 0 Å². The van der Waals surface area contributed by atoms with Gasteiger partial charge >= 0.3 is 0 Å². The molecule has 21 heavy (non-hydrogen) atoms. The normalized spacial score (nSPS) is 22.1. The molecular formula is C18H25NO2. The van der Waals surface area contributed by atoms with Crippen molar-refractivity contribution in [2.24, 2.45) is 0 Å². The van der Waals surface area contributed by atoms with Crippen molar-refractivity contribution in [2.75, 3.05) is 20.2 Å². The fourth-order valence-electron chi connectivity index (χ4n) is 4.05. The molecule has 0 amide bonds. The Labute approximate surface area is 127 Å². The first-order valence-corrected chi connectivity index (χ1v) is 8.21. The lowest BCUT2D eigenvalue weighted by atomic mass is 9.84. The number of rotatable bonds is 4. The Morgan fingerprint density at radius 2 is 1.71 bits per heavy atom. The molecule has 0 unspecified atom stereocenters. The smallest absolute Gasteiger partial charge is 0.186 e. The third kappa shape index (κ3) is 2.59. The third-order valence-corrected chi connectivity index (χ3v) is 5.17. The van der Waals surface area contributed by atoms with E-state index in [9.17, 15) is 4.79 Å². The van der Waals surface area contributed by atoms with Gasteiger partial charge in [-0.15, -0.1) is 0 Å². The fraction of sp³-hybridized carbons (Fsp3) is 0.611. The van der Waals surface area contributed by atoms with Crippen LogP contribution in [0.15, 0.2) is 24.3 Å². The van der Waals surface area contributed by atoms with Gasteiger partial charge in [-0.1, -0.05) is 31.4 Å². The van der Waals surface area contributed by atoms with Crippen molar-refractivity contribution in [3.63, 3.8) is 0 Å². The summed E-state index contributed by atoms with van der Waals surface area (Å²) in [5, 5.41) is 0. The molecule has 3 rings (SSSR count). The Bertz CT molecular complexity index is 500. The lowest BCUT2D eigenvalue weighted by Gasteiger charge is -2.42. The highest BCUT2D eigenvalue weighted by Crippen LogP contribution is 2.40. The predicted octanol–water partition coefficient (Wildman–Crippen LogP) is 3.68. The maximum Gasteiger partial charge on any atom is 0.186 e. The minimum atomic E-state index is -0.269. The summed E-state index contributed by atoms with van der Waals surface area (Å²) in [6.07, 6.45) is 8.08. The van der Waals surface area contributed by atoms with E-state index in [0.717, 1.165) is 44.3 Å². The van der Waals surface area contributed by atoms with Gasteiger partial charge < -0.3 is 4.74 Å². The van der Waals surface area contributed by atoms with Crippen molar-refractivity contribution in [3.8, 4) is 5.75 Å². The maximum atomic E-state index is 13.3. The molecule has 1 saturated carbocycles. The quantitative estimate of drug-likeness (QED) is 0.791. The Morgan fingerprint density at radius 1 is 1.05 bits per heavy atom. The summed E-state index contributed by atoms with van der Waals surface area (Å²) in [7, 11) is 1.65. The van der Waals surface area contributed by atoms with E-state index < -0.39 is 0 Å². The van der Waals surface area contributed by atoms with E-state index in [1.807, 2.05) is 24.3 Å². The van der Waals surface area contributed by atoms with E-state index in [4.69, 9.17) is 4.74 Å². The lowest BCUT2D eigenvalue weighted by Crippen LogP contribution is -2.54. The molecule has 0 radical (unpaired) electrons. The lowest BCUT2D eigenvalue weighted by molar-refractivity contribution is 0.0475. The highest BCUT2D eigenvalue weighted by Gasteiger charge is 2.46. The van der Waals surface area contributed by atoms with E-state index in [1.165, 1.54) is 19.3 Å². The zero-order chi connectivity index (χ0) is 14.7. The number of Topliss-reactive ketones (excluding diaryl/α,β-unsaturated/α-hetero) is 1. The van der Waals surface area contributed by atoms with Gasteiger partial charge in [-0.05, 0) is 50.9 Å². The second-order valence-electron chi connectivity index (χ2n) is 6.32. The van der Waals surface area contributed by atoms with E-state index >= 15 is 0 Å². The second kappa shape index (κ2) is 6.18. The van der Waals surface area contributed by atoms with Gasteiger partial charge in [0.25, 0.3) is 0 Å². The second-order valence-corrected chi connectivity index (χ2v) is 6.32. The number of likely N-dealkylation sites (tertiary alicyclic amines) is 1. The van der Waals surface area contributed by atoms with Gasteiger partial charge in [-0.3, -0.25) is 9.69 Å². The molecule has 2 fully saturated rings. The predicted molar refractivity (Wildman–Crippen MR) is 83.9 cm³/mol. The van der Waals surface area contributed by atoms with Crippen LogP contribution in [-0.2, 0) is 0 Å². The molecule has 1 heterocycles. The molecule has 1 aliphatic heterocycles. The van der Waals surface area contributed by atoms with Crippen molar-refractivity contribution >= 4 is 5.78 Å². The largest absolute Gasteiger partial charge is 0.496 e. The highest BCUT2D eigenvalue weighted by atomic mass is 16.5. The molecule has 1 aromatic rings. The van der Waals surface area contributed by atoms with E-state index in [2.05, 4.69) is 4.90 Å². The highest BCUT2D eigenvalue weighted by molar-refractivity contribution is 6.05. The number of hydrogen-bond donors (Lipinski definition) is 0. The minimum Gasteiger partial charge on any atom is -0.496 e. The number of ether oxygens (including phenoxy) is 1. The van der Waals surface area contributed by atoms with Crippen LogP contribution in [0.25, 0.3) is 0 Å². The van der Waals surface area contributed by atoms with Crippen molar-refractivity contribution in [1.82, 2.24) is 4.90 Å². The van der Waals surface area contributed by atoms with Gasteiger partial charge in [-0.2, -0.15) is 0 Å². The first kappa shape index (κ1) is 14.6. The summed E-state index contributed by atoms with van der Waals surface area (Å²) in [6.45, 7) is 2.14. The molecule has 0 N–H and O–H groups in total. The number of para-hydroxylation sites is 1. The van der Waals surface area contributed by atoms with E-state index in [0.29, 0.717) is 5.75 Å². The van der Waals surface area contributed by atoms with Crippen molar-refractivity contribution in [2.45, 2.75) is 50.5 Å². The molecule has 1 saturated heterocycles. The first-order valence-electron chi connectivity index (χ1n) is 8.21. The summed E-state index contributed by atoms with van der Waals surface area (Å²) in [5.74, 6) is 0.991. The van der Waals surface area contributed by atoms with Gasteiger partial charge in [0.15, 0.2) is 5.78 Å². The molecule has 114 valence electrons. The number of carbonyl (C=O) groups is 1. The molecule has 3 heteroatoms. The monoisotopic (exact) mass is 287 g/mol. The molecule has 0 bridgehead atoms. The minimum absolute atomic E-state index is 0.269. The molecule has 0 atom stereocenters. The number of benzene rings is 1. The zero-order valence-corrected chi connectivity index (χ0v) is 12.9. The average molecular weight is 287 g/mol. The molecule has 3 nitrogen and oxygen atoms in total. The molecular weight excluding hydrogens is 262 g/mol. The van der Waals surface area contributed by atoms with Crippen LogP contribution in [0.2, 0.25) is 0 Å². The van der Waals surface area contributed by atoms with Gasteiger partial charge in [-0.25, -0.2) is 0 Å². The standard InChI is InChI=1S/C18H25NO2/c1-21-16-10-4-3-9-15(16)17(20)18(11-5-6-12-18)19-13-7-2-8-14-19/h3-4,9-10H,2,5-8,11-14H2,1H3. The topological polar surface area (TPSA) is 29.5 Å². The first-order chi connectivity index (χ1) is 10.3. The summed E-state index contributed by atoms with van der Waals surface area (Å²) in [6, 6.07) is 7.68. The number of ketones is 1. The number of hydrogen-bond acceptors (Lipinski definition) is 3. The van der Waals surface area contributed by atoms with E-state index in [1.54, 1.807) is 7.11 Å². The molecule has 1 aliphatic carbocycles. The van der Waals surface area contributed by atoms with Crippen LogP contribution in [0, 0.1) is 0 Å². The van der Waals surface area contributed by atoms with Crippen molar-refractivity contribution in [1.29, 1.82) is 0 Å². The summed E-state index contributed by atoms with van der Waals surface area (Å²) >= 11 is 0. The number of piperidine rings is 1. The fourth-order valence-corrected chi connectivity index (χ4v) is 4.05. The Balaban J connectivity index is 1.95. The van der Waals surface area contributed by atoms with Crippen LogP contribution in [0.1, 0.15) is 55.3 Å². The molecule has 1 aromatic carbocycles. The van der Waals surface area contributed by atoms with Crippen molar-refractivity contribution < 1.29 is 9.53 Å². The summed E-state index contributed by atoms with van der Waals surface area (Å²) < 4.78 is 5.42. The Hall–Kier alpha value is -1.35. The van der Waals surface area contributed by atoms with Crippen LogP contribution in [0.3, 0.4) is 0 Å². The van der Waals surface area contributed by atoms with Gasteiger partial charge in [0.2, 0.25) is 0 Å². The molecule has 0 spiro atoms. The average Bonchev–Trinajstić information content (AvgIpc) is 3.06. The number of carbonyl (C=O) groups excluding carboxylic acids is 1. The van der Waals surface area contributed by atoms with Crippen LogP contribution in [-0.4, -0.2) is 36.4 Å². The van der Waals surface area contributed by atoms with Crippen LogP contribution in [0.5, 0.6) is 5.75 Å². The van der Waals surface area contributed by atoms with Gasteiger partial charge in [0.05, 0.1) is 18.2 Å². The van der Waals surface area contributed by atoms with Crippen molar-refractivity contribution in [3.05, 3.63) is 29.8 Å². The van der Waals surface area contributed by atoms with Gasteiger partial charge in [0, 0.05) is 0 Å². The van der Waals surface area contributed by atoms with Crippen LogP contribution in [0.4, 0.5) is 0 Å². The Kier molecular flexibility index (Phi) is 4.29. The SMILES string of the molecule is COc1ccccc1C(=O)C1(N2CCCCC2)CCCC1.